The van der Waals surface area contributed by atoms with Crippen molar-refractivity contribution in [3.8, 4) is 5.75 Å². The molecule has 26 heavy (non-hydrogen) atoms. The van der Waals surface area contributed by atoms with Crippen molar-refractivity contribution in [2.45, 2.75) is 19.9 Å². The molecular formula is C17H23N5O3S. The van der Waals surface area contributed by atoms with Crippen LogP contribution in [0.5, 0.6) is 5.75 Å². The second-order valence-corrected chi connectivity index (χ2v) is 6.80. The van der Waals surface area contributed by atoms with Crippen LogP contribution in [0.15, 0.2) is 18.5 Å². The van der Waals surface area contributed by atoms with Crippen LogP contribution in [0.4, 0.5) is 15.6 Å². The Morgan fingerprint density at radius 2 is 2.31 bits per heavy atom. The summed E-state index contributed by atoms with van der Waals surface area (Å²) in [5, 5.41) is 6.17. The van der Waals surface area contributed by atoms with Crippen molar-refractivity contribution < 1.29 is 14.3 Å². The number of hydrogen-bond acceptors (Lipinski definition) is 7. The number of rotatable bonds is 7. The number of fused-ring (bicyclic) bond motifs is 1. The third kappa shape index (κ3) is 4.61. The van der Waals surface area contributed by atoms with E-state index in [0.29, 0.717) is 24.9 Å². The van der Waals surface area contributed by atoms with Crippen LogP contribution in [0.3, 0.4) is 0 Å². The molecule has 0 aromatic carbocycles. The minimum Gasteiger partial charge on any atom is -0.495 e. The van der Waals surface area contributed by atoms with Crippen molar-refractivity contribution in [2.24, 2.45) is 0 Å². The van der Waals surface area contributed by atoms with Crippen molar-refractivity contribution >= 4 is 28.2 Å². The molecule has 0 fully saturated rings. The van der Waals surface area contributed by atoms with Gasteiger partial charge in [0.05, 0.1) is 44.0 Å². The molecule has 0 bridgehead atoms. The number of hydrogen-bond donors (Lipinski definition) is 2. The van der Waals surface area contributed by atoms with E-state index < -0.39 is 0 Å². The highest BCUT2D eigenvalue weighted by atomic mass is 32.1. The zero-order valence-electron chi connectivity index (χ0n) is 14.9. The summed E-state index contributed by atoms with van der Waals surface area (Å²) in [4.78, 5) is 24.1. The minimum absolute atomic E-state index is 0.260. The first kappa shape index (κ1) is 18.4. The largest absolute Gasteiger partial charge is 0.495 e. The number of nitrogens with one attached hydrogen (secondary N) is 2. The number of nitrogens with zero attached hydrogens (tertiary/aromatic N) is 3. The zero-order chi connectivity index (χ0) is 18.4. The van der Waals surface area contributed by atoms with E-state index in [9.17, 15) is 4.79 Å². The molecule has 9 heteroatoms. The van der Waals surface area contributed by atoms with Gasteiger partial charge in [-0.3, -0.25) is 10.3 Å². The van der Waals surface area contributed by atoms with Gasteiger partial charge in [-0.15, -0.1) is 0 Å². The van der Waals surface area contributed by atoms with Gasteiger partial charge in [0.25, 0.3) is 0 Å². The van der Waals surface area contributed by atoms with Crippen LogP contribution in [0.1, 0.15) is 17.5 Å². The molecule has 8 nitrogen and oxygen atoms in total. The van der Waals surface area contributed by atoms with Gasteiger partial charge >= 0.3 is 6.03 Å². The molecule has 140 valence electrons. The van der Waals surface area contributed by atoms with Gasteiger partial charge in [-0.1, -0.05) is 11.3 Å². The lowest BCUT2D eigenvalue weighted by Gasteiger charge is -2.27. The van der Waals surface area contributed by atoms with E-state index in [4.69, 9.17) is 9.47 Å². The molecule has 2 aromatic rings. The molecule has 0 aliphatic carbocycles. The molecule has 0 saturated heterocycles. The van der Waals surface area contributed by atoms with Crippen LogP contribution < -0.4 is 20.3 Å². The van der Waals surface area contributed by atoms with E-state index in [1.807, 2.05) is 19.2 Å². The minimum atomic E-state index is -0.260. The lowest BCUT2D eigenvalue weighted by Crippen LogP contribution is -2.31. The molecule has 3 heterocycles. The first-order chi connectivity index (χ1) is 12.7. The normalized spacial score (nSPS) is 13.2. The maximum absolute atomic E-state index is 11.9. The first-order valence-corrected chi connectivity index (χ1v) is 9.36. The second-order valence-electron chi connectivity index (χ2n) is 5.72. The molecule has 0 unspecified atom stereocenters. The standard InChI is InChI=1S/C17H23N5O3S/c1-3-25-7-5-19-16(23)21-17-20-14-4-6-22(11-15(14)26-17)12-8-13(24-2)10-18-9-12/h8-10H,3-7,11H2,1-2H3,(H2,19,20,21,23). The second kappa shape index (κ2) is 8.81. The van der Waals surface area contributed by atoms with E-state index in [2.05, 4.69) is 25.5 Å². The van der Waals surface area contributed by atoms with Crippen molar-refractivity contribution in [3.05, 3.63) is 29.0 Å². The van der Waals surface area contributed by atoms with Crippen LogP contribution in [0.2, 0.25) is 0 Å². The van der Waals surface area contributed by atoms with E-state index in [1.54, 1.807) is 13.3 Å². The number of aromatic nitrogens is 2. The van der Waals surface area contributed by atoms with E-state index in [-0.39, 0.29) is 6.03 Å². The molecule has 0 saturated carbocycles. The summed E-state index contributed by atoms with van der Waals surface area (Å²) >= 11 is 1.51. The van der Waals surface area contributed by atoms with Gasteiger partial charge in [0.15, 0.2) is 5.13 Å². The van der Waals surface area contributed by atoms with Crippen molar-refractivity contribution in [1.82, 2.24) is 15.3 Å². The fraction of sp³-hybridized carbons (Fsp3) is 0.471. The highest BCUT2D eigenvalue weighted by Crippen LogP contribution is 2.31. The van der Waals surface area contributed by atoms with Crippen LogP contribution in [0.25, 0.3) is 0 Å². The summed E-state index contributed by atoms with van der Waals surface area (Å²) in [6, 6.07) is 1.72. The van der Waals surface area contributed by atoms with Crippen molar-refractivity contribution in [2.75, 3.05) is 43.6 Å². The van der Waals surface area contributed by atoms with E-state index in [0.717, 1.165) is 41.5 Å². The number of ether oxygens (including phenoxy) is 2. The van der Waals surface area contributed by atoms with Crippen LogP contribution >= 0.6 is 11.3 Å². The predicted molar refractivity (Wildman–Crippen MR) is 101 cm³/mol. The number of methoxy groups -OCH3 is 1. The molecule has 3 rings (SSSR count). The highest BCUT2D eigenvalue weighted by molar-refractivity contribution is 7.15. The lowest BCUT2D eigenvalue weighted by atomic mass is 10.1. The first-order valence-electron chi connectivity index (χ1n) is 8.54. The van der Waals surface area contributed by atoms with Gasteiger partial charge in [-0.2, -0.15) is 0 Å². The van der Waals surface area contributed by atoms with Gasteiger partial charge in [0.1, 0.15) is 5.75 Å². The number of carbonyl (C=O) groups excluding carboxylic acids is 1. The molecule has 1 aliphatic heterocycles. The highest BCUT2D eigenvalue weighted by Gasteiger charge is 2.22. The molecule has 2 N–H and O–H groups in total. The average Bonchev–Trinajstić information content (AvgIpc) is 3.06. The molecule has 1 aliphatic rings. The summed E-state index contributed by atoms with van der Waals surface area (Å²) < 4.78 is 10.4. The maximum atomic E-state index is 11.9. The Hall–Kier alpha value is -2.39. The summed E-state index contributed by atoms with van der Waals surface area (Å²) in [6.07, 6.45) is 4.36. The smallest absolute Gasteiger partial charge is 0.321 e. The van der Waals surface area contributed by atoms with Gasteiger partial charge in [0.2, 0.25) is 0 Å². The van der Waals surface area contributed by atoms with E-state index in [1.165, 1.54) is 11.3 Å². The quantitative estimate of drug-likeness (QED) is 0.720. The van der Waals surface area contributed by atoms with Gasteiger partial charge in [-0.25, -0.2) is 9.78 Å². The Kier molecular flexibility index (Phi) is 6.24. The Morgan fingerprint density at radius 1 is 1.42 bits per heavy atom. The van der Waals surface area contributed by atoms with Crippen LogP contribution in [0, 0.1) is 0 Å². The summed E-state index contributed by atoms with van der Waals surface area (Å²) in [5.41, 5.74) is 2.07. The van der Waals surface area contributed by atoms with Gasteiger partial charge in [0, 0.05) is 37.1 Å². The summed E-state index contributed by atoms with van der Waals surface area (Å²) in [5.74, 6) is 0.740. The average molecular weight is 377 g/mol. The maximum Gasteiger partial charge on any atom is 0.321 e. The summed E-state index contributed by atoms with van der Waals surface area (Å²) in [6.45, 7) is 5.14. The van der Waals surface area contributed by atoms with Gasteiger partial charge in [-0.05, 0) is 6.92 Å². The predicted octanol–water partition coefficient (Wildman–Crippen LogP) is 2.27. The molecule has 2 aromatic heterocycles. The number of anilines is 2. The Bertz CT molecular complexity index is 752. The van der Waals surface area contributed by atoms with E-state index >= 15 is 0 Å². The van der Waals surface area contributed by atoms with Gasteiger partial charge < -0.3 is 19.7 Å². The monoisotopic (exact) mass is 377 g/mol. The topological polar surface area (TPSA) is 88.6 Å². The fourth-order valence-corrected chi connectivity index (χ4v) is 3.70. The molecule has 0 atom stereocenters. The number of urea groups is 1. The lowest BCUT2D eigenvalue weighted by molar-refractivity contribution is 0.150. The number of carbonyl (C=O) groups is 1. The van der Waals surface area contributed by atoms with Crippen molar-refractivity contribution in [3.63, 3.8) is 0 Å². The zero-order valence-corrected chi connectivity index (χ0v) is 15.8. The Labute approximate surface area is 156 Å². The molecular weight excluding hydrogens is 354 g/mol. The number of amides is 2. The summed E-state index contributed by atoms with van der Waals surface area (Å²) in [7, 11) is 1.63. The number of pyridine rings is 1. The SMILES string of the molecule is CCOCCNC(=O)Nc1nc2c(s1)CN(c1cncc(OC)c1)CC2. The third-order valence-electron chi connectivity index (χ3n) is 3.99. The Balaban J connectivity index is 1.59. The van der Waals surface area contributed by atoms with Crippen LogP contribution in [-0.4, -0.2) is 49.4 Å². The van der Waals surface area contributed by atoms with Crippen molar-refractivity contribution in [1.29, 1.82) is 0 Å². The third-order valence-corrected chi connectivity index (χ3v) is 4.99. The number of thiazole rings is 1. The molecule has 0 radical (unpaired) electrons. The fourth-order valence-electron chi connectivity index (χ4n) is 2.68. The molecule has 0 spiro atoms. The Morgan fingerprint density at radius 3 is 3.12 bits per heavy atom. The molecule has 2 amide bonds. The van der Waals surface area contributed by atoms with Crippen LogP contribution in [-0.2, 0) is 17.7 Å².